The lowest BCUT2D eigenvalue weighted by atomic mass is 9.73. The number of ether oxygens (including phenoxy) is 1. The highest BCUT2D eigenvalue weighted by Crippen LogP contribution is 2.45. The van der Waals surface area contributed by atoms with Crippen molar-refractivity contribution >= 4 is 12.1 Å². The van der Waals surface area contributed by atoms with Crippen molar-refractivity contribution < 1.29 is 19.4 Å². The fourth-order valence-electron chi connectivity index (χ4n) is 2.66. The normalized spacial score (nSPS) is 31.7. The van der Waals surface area contributed by atoms with E-state index in [1.165, 1.54) is 4.90 Å². The number of rotatable bonds is 1. The maximum Gasteiger partial charge on any atom is 0.411 e. The highest BCUT2D eigenvalue weighted by molar-refractivity contribution is 5.81. The largest absolute Gasteiger partial charge is 0.480 e. The minimum absolute atomic E-state index is 0.125. The van der Waals surface area contributed by atoms with Crippen molar-refractivity contribution in [3.8, 4) is 0 Å². The summed E-state index contributed by atoms with van der Waals surface area (Å²) in [7, 11) is 0. The molecular formula is C12H19NO4. The van der Waals surface area contributed by atoms with Crippen LogP contribution in [0.3, 0.4) is 0 Å². The molecule has 1 aliphatic heterocycles. The van der Waals surface area contributed by atoms with Crippen molar-refractivity contribution in [1.29, 1.82) is 0 Å². The van der Waals surface area contributed by atoms with Crippen LogP contribution in [0.2, 0.25) is 0 Å². The lowest BCUT2D eigenvalue weighted by molar-refractivity contribution is -0.144. The van der Waals surface area contributed by atoms with Crippen LogP contribution in [0.25, 0.3) is 0 Å². The maximum atomic E-state index is 11.9. The number of carbonyl (C=O) groups excluding carboxylic acids is 1. The van der Waals surface area contributed by atoms with Crippen LogP contribution in [0.1, 0.15) is 33.6 Å². The molecule has 17 heavy (non-hydrogen) atoms. The van der Waals surface area contributed by atoms with Crippen LogP contribution in [0, 0.1) is 11.8 Å². The number of hydrogen-bond donors (Lipinski definition) is 1. The van der Waals surface area contributed by atoms with Gasteiger partial charge in [-0.15, -0.1) is 0 Å². The predicted octanol–water partition coefficient (Wildman–Crippen LogP) is 1.72. The van der Waals surface area contributed by atoms with Gasteiger partial charge in [-0.05, 0) is 45.4 Å². The van der Waals surface area contributed by atoms with Gasteiger partial charge < -0.3 is 9.84 Å². The first-order valence-electron chi connectivity index (χ1n) is 6.02. The zero-order valence-corrected chi connectivity index (χ0v) is 10.5. The molecule has 1 N–H and O–H groups in total. The molecule has 1 saturated heterocycles. The Balaban J connectivity index is 2.09. The molecule has 3 atom stereocenters. The summed E-state index contributed by atoms with van der Waals surface area (Å²) in [5, 5.41) is 9.20. The Hall–Kier alpha value is -1.26. The van der Waals surface area contributed by atoms with Gasteiger partial charge in [-0.1, -0.05) is 0 Å². The molecule has 0 spiro atoms. The Morgan fingerprint density at radius 1 is 1.29 bits per heavy atom. The van der Waals surface area contributed by atoms with Gasteiger partial charge in [0.2, 0.25) is 0 Å². The average molecular weight is 241 g/mol. The Labute approximate surface area is 101 Å². The highest BCUT2D eigenvalue weighted by Gasteiger charge is 2.52. The van der Waals surface area contributed by atoms with Crippen molar-refractivity contribution in [2.24, 2.45) is 11.8 Å². The van der Waals surface area contributed by atoms with E-state index < -0.39 is 23.7 Å². The summed E-state index contributed by atoms with van der Waals surface area (Å²) < 4.78 is 5.25. The molecule has 0 radical (unpaired) electrons. The first-order valence-corrected chi connectivity index (χ1v) is 6.02. The van der Waals surface area contributed by atoms with Crippen LogP contribution in [-0.4, -0.2) is 40.3 Å². The number of likely N-dealkylation sites (tertiary alicyclic amines) is 1. The van der Waals surface area contributed by atoms with E-state index in [0.717, 1.165) is 12.8 Å². The van der Waals surface area contributed by atoms with E-state index in [2.05, 4.69) is 0 Å². The molecule has 1 aliphatic carbocycles. The van der Waals surface area contributed by atoms with Crippen molar-refractivity contribution in [2.75, 3.05) is 6.54 Å². The van der Waals surface area contributed by atoms with E-state index in [4.69, 9.17) is 4.74 Å². The van der Waals surface area contributed by atoms with Crippen molar-refractivity contribution in [3.05, 3.63) is 0 Å². The number of carboxylic acid groups (broad SMARTS) is 1. The zero-order chi connectivity index (χ0) is 12.8. The van der Waals surface area contributed by atoms with Gasteiger partial charge in [0.05, 0.1) is 0 Å². The number of carboxylic acids is 1. The summed E-state index contributed by atoms with van der Waals surface area (Å²) in [6.45, 7) is 5.87. The van der Waals surface area contributed by atoms with E-state index in [1.807, 2.05) is 0 Å². The summed E-state index contributed by atoms with van der Waals surface area (Å²) in [6.07, 6.45) is 1.42. The molecule has 1 amide bonds. The zero-order valence-electron chi connectivity index (χ0n) is 10.5. The molecule has 2 rings (SSSR count). The Kier molecular flexibility index (Phi) is 2.79. The quantitative estimate of drug-likeness (QED) is 0.759. The number of hydrogen-bond acceptors (Lipinski definition) is 3. The predicted molar refractivity (Wildman–Crippen MR) is 60.6 cm³/mol. The fourth-order valence-corrected chi connectivity index (χ4v) is 2.66. The number of aliphatic carboxylic acids is 1. The minimum Gasteiger partial charge on any atom is -0.480 e. The number of fused-ring (bicyclic) bond motifs is 1. The molecule has 1 heterocycles. The molecule has 0 bridgehead atoms. The van der Waals surface area contributed by atoms with Gasteiger partial charge in [0.15, 0.2) is 0 Å². The van der Waals surface area contributed by atoms with Gasteiger partial charge in [-0.25, -0.2) is 9.59 Å². The maximum absolute atomic E-state index is 11.9. The lowest BCUT2D eigenvalue weighted by Gasteiger charge is -2.31. The van der Waals surface area contributed by atoms with Crippen molar-refractivity contribution in [3.63, 3.8) is 0 Å². The second-order valence-electron chi connectivity index (χ2n) is 5.92. The Morgan fingerprint density at radius 2 is 1.94 bits per heavy atom. The van der Waals surface area contributed by atoms with Gasteiger partial charge in [0.1, 0.15) is 11.6 Å². The molecule has 2 aliphatic rings. The summed E-state index contributed by atoms with van der Waals surface area (Å²) in [5.41, 5.74) is -0.582. The second kappa shape index (κ2) is 3.89. The first-order chi connectivity index (χ1) is 7.79. The third-order valence-electron chi connectivity index (χ3n) is 3.53. The van der Waals surface area contributed by atoms with E-state index >= 15 is 0 Å². The fraction of sp³-hybridized carbons (Fsp3) is 0.833. The van der Waals surface area contributed by atoms with Crippen LogP contribution in [0.15, 0.2) is 0 Å². The lowest BCUT2D eigenvalue weighted by Crippen LogP contribution is -2.45. The third kappa shape index (κ3) is 2.23. The van der Waals surface area contributed by atoms with E-state index in [0.29, 0.717) is 12.5 Å². The number of amides is 1. The third-order valence-corrected chi connectivity index (χ3v) is 3.53. The molecule has 96 valence electrons. The molecule has 0 aromatic carbocycles. The van der Waals surface area contributed by atoms with Crippen LogP contribution >= 0.6 is 0 Å². The van der Waals surface area contributed by atoms with E-state index in [9.17, 15) is 14.7 Å². The van der Waals surface area contributed by atoms with Crippen LogP contribution in [0.4, 0.5) is 4.79 Å². The summed E-state index contributed by atoms with van der Waals surface area (Å²) in [4.78, 5) is 24.5. The number of nitrogens with zero attached hydrogens (tertiary/aromatic N) is 1. The standard InChI is InChI=1S/C12H19NO4/c1-12(2,3)17-11(16)13-6-7-4-5-8(7)9(13)10(14)15/h7-9H,4-6H2,1-3H3,(H,14,15)/t7-,8-,9+/m0/s1. The Morgan fingerprint density at radius 3 is 2.35 bits per heavy atom. The molecule has 0 aromatic heterocycles. The van der Waals surface area contributed by atoms with Crippen LogP contribution < -0.4 is 0 Å². The molecule has 0 aromatic rings. The highest BCUT2D eigenvalue weighted by atomic mass is 16.6. The molecular weight excluding hydrogens is 222 g/mol. The molecule has 2 fully saturated rings. The van der Waals surface area contributed by atoms with Crippen LogP contribution in [0.5, 0.6) is 0 Å². The molecule has 5 nitrogen and oxygen atoms in total. The summed E-state index contributed by atoms with van der Waals surface area (Å²) >= 11 is 0. The van der Waals surface area contributed by atoms with Gasteiger partial charge >= 0.3 is 12.1 Å². The summed E-state index contributed by atoms with van der Waals surface area (Å²) in [6, 6.07) is -0.691. The van der Waals surface area contributed by atoms with Gasteiger partial charge in [0, 0.05) is 6.54 Å². The monoisotopic (exact) mass is 241 g/mol. The topological polar surface area (TPSA) is 66.8 Å². The van der Waals surface area contributed by atoms with Gasteiger partial charge in [0.25, 0.3) is 0 Å². The molecule has 0 unspecified atom stereocenters. The van der Waals surface area contributed by atoms with Gasteiger partial charge in [-0.2, -0.15) is 0 Å². The summed E-state index contributed by atoms with van der Waals surface area (Å²) in [5.74, 6) is -0.438. The molecule has 5 heteroatoms. The Bertz CT molecular complexity index is 347. The first kappa shape index (κ1) is 12.2. The van der Waals surface area contributed by atoms with E-state index in [1.54, 1.807) is 20.8 Å². The van der Waals surface area contributed by atoms with Crippen LogP contribution in [-0.2, 0) is 9.53 Å². The second-order valence-corrected chi connectivity index (χ2v) is 5.92. The van der Waals surface area contributed by atoms with Gasteiger partial charge in [-0.3, -0.25) is 4.90 Å². The number of carbonyl (C=O) groups is 2. The smallest absolute Gasteiger partial charge is 0.411 e. The van der Waals surface area contributed by atoms with Crippen molar-refractivity contribution in [1.82, 2.24) is 4.90 Å². The molecule has 1 saturated carbocycles. The SMILES string of the molecule is CC(C)(C)OC(=O)N1C[C@@H]2CC[C@@H]2[C@@H]1C(=O)O. The minimum atomic E-state index is -0.914. The van der Waals surface area contributed by atoms with E-state index in [-0.39, 0.29) is 5.92 Å². The van der Waals surface area contributed by atoms with Crippen molar-refractivity contribution in [2.45, 2.75) is 45.3 Å². The average Bonchev–Trinajstić information content (AvgIpc) is 2.35.